The van der Waals surface area contributed by atoms with Crippen molar-refractivity contribution in [3.63, 3.8) is 0 Å². The van der Waals surface area contributed by atoms with Crippen LogP contribution in [0.4, 0.5) is 5.69 Å². The number of fused-ring (bicyclic) bond motifs is 1. The number of anilines is 1. The van der Waals surface area contributed by atoms with Gasteiger partial charge in [-0.3, -0.25) is 9.69 Å². The van der Waals surface area contributed by atoms with Crippen LogP contribution in [0.25, 0.3) is 10.9 Å². The van der Waals surface area contributed by atoms with Crippen molar-refractivity contribution in [3.8, 4) is 5.75 Å². The molecular formula is C29H35N7O3. The van der Waals surface area contributed by atoms with E-state index in [1.165, 1.54) is 16.8 Å². The first-order valence-corrected chi connectivity index (χ1v) is 13.7. The van der Waals surface area contributed by atoms with Gasteiger partial charge >= 0.3 is 0 Å². The fourth-order valence-electron chi connectivity index (χ4n) is 5.84. The highest BCUT2D eigenvalue weighted by molar-refractivity contribution is 5.80. The Morgan fingerprint density at radius 3 is 2.74 bits per heavy atom. The summed E-state index contributed by atoms with van der Waals surface area (Å²) in [4.78, 5) is 21.4. The summed E-state index contributed by atoms with van der Waals surface area (Å²) < 4.78 is 13.1. The molecule has 0 unspecified atom stereocenters. The molecule has 0 bridgehead atoms. The summed E-state index contributed by atoms with van der Waals surface area (Å²) >= 11 is 0. The van der Waals surface area contributed by atoms with Gasteiger partial charge in [0, 0.05) is 50.1 Å². The molecule has 2 fully saturated rings. The van der Waals surface area contributed by atoms with Crippen LogP contribution in [0.1, 0.15) is 41.4 Å². The van der Waals surface area contributed by atoms with E-state index < -0.39 is 6.04 Å². The molecule has 0 aliphatic carbocycles. The maximum Gasteiger partial charge on any atom is 0.253 e. The lowest BCUT2D eigenvalue weighted by Crippen LogP contribution is -2.49. The zero-order chi connectivity index (χ0) is 26.9. The summed E-state index contributed by atoms with van der Waals surface area (Å²) in [6, 6.07) is 13.8. The highest BCUT2D eigenvalue weighted by Gasteiger charge is 2.34. The second kappa shape index (κ2) is 10.8. The molecule has 10 heteroatoms. The summed E-state index contributed by atoms with van der Waals surface area (Å²) in [5, 5.41) is 13.8. The first-order chi connectivity index (χ1) is 19.0. The van der Waals surface area contributed by atoms with Crippen molar-refractivity contribution in [1.82, 2.24) is 30.1 Å². The number of tetrazole rings is 1. The zero-order valence-electron chi connectivity index (χ0n) is 22.8. The van der Waals surface area contributed by atoms with Gasteiger partial charge in [0.25, 0.3) is 5.56 Å². The number of nitrogens with one attached hydrogen (secondary N) is 1. The number of hydrogen-bond acceptors (Lipinski definition) is 8. The number of pyridine rings is 1. The molecule has 0 spiro atoms. The van der Waals surface area contributed by atoms with Crippen LogP contribution in [-0.2, 0) is 11.3 Å². The van der Waals surface area contributed by atoms with Crippen LogP contribution in [0, 0.1) is 13.8 Å². The van der Waals surface area contributed by atoms with E-state index in [-0.39, 0.29) is 11.7 Å². The van der Waals surface area contributed by atoms with Gasteiger partial charge in [0.1, 0.15) is 11.8 Å². The number of H-pyrrole nitrogens is 1. The van der Waals surface area contributed by atoms with Crippen molar-refractivity contribution in [2.24, 2.45) is 0 Å². The number of aryl methyl sites for hydroxylation is 1. The summed E-state index contributed by atoms with van der Waals surface area (Å²) in [5.41, 5.74) is 5.10. The van der Waals surface area contributed by atoms with Crippen molar-refractivity contribution in [2.45, 2.75) is 45.4 Å². The molecule has 2 aliphatic heterocycles. The number of methoxy groups -OCH3 is 1. The lowest BCUT2D eigenvalue weighted by molar-refractivity contribution is 0.0906. The van der Waals surface area contributed by atoms with E-state index >= 15 is 0 Å². The minimum absolute atomic E-state index is 0.0800. The van der Waals surface area contributed by atoms with E-state index in [4.69, 9.17) is 9.47 Å². The highest BCUT2D eigenvalue weighted by Crippen LogP contribution is 2.31. The molecule has 2 aromatic heterocycles. The Bertz CT molecular complexity index is 1520. The number of rotatable bonds is 7. The van der Waals surface area contributed by atoms with Gasteiger partial charge in [0.05, 0.1) is 25.3 Å². The maximum atomic E-state index is 13.6. The van der Waals surface area contributed by atoms with E-state index in [0.29, 0.717) is 23.7 Å². The number of nitrogens with zero attached hydrogens (tertiary/aromatic N) is 6. The van der Waals surface area contributed by atoms with Gasteiger partial charge in [0.15, 0.2) is 5.82 Å². The van der Waals surface area contributed by atoms with E-state index in [1.54, 1.807) is 7.11 Å². The van der Waals surface area contributed by atoms with Crippen molar-refractivity contribution < 1.29 is 9.47 Å². The van der Waals surface area contributed by atoms with Gasteiger partial charge in [-0.15, -0.1) is 5.10 Å². The third-order valence-electron chi connectivity index (χ3n) is 8.18. The van der Waals surface area contributed by atoms with Crippen LogP contribution >= 0.6 is 0 Å². The Morgan fingerprint density at radius 2 is 1.97 bits per heavy atom. The number of benzene rings is 2. The van der Waals surface area contributed by atoms with Gasteiger partial charge in [-0.1, -0.05) is 12.1 Å². The smallest absolute Gasteiger partial charge is 0.253 e. The molecule has 2 atom stereocenters. The van der Waals surface area contributed by atoms with Crippen LogP contribution in [-0.4, -0.2) is 76.1 Å². The zero-order valence-corrected chi connectivity index (χ0v) is 22.8. The number of piperazine rings is 1. The van der Waals surface area contributed by atoms with Gasteiger partial charge in [-0.25, -0.2) is 4.68 Å². The molecule has 4 aromatic rings. The number of aromatic nitrogens is 5. The molecule has 1 N–H and O–H groups in total. The van der Waals surface area contributed by atoms with Gasteiger partial charge in [-0.05, 0) is 77.9 Å². The minimum atomic E-state index is -0.391. The van der Waals surface area contributed by atoms with E-state index in [2.05, 4.69) is 62.4 Å². The average molecular weight is 530 g/mol. The molecular weight excluding hydrogens is 494 g/mol. The number of hydrogen-bond donors (Lipinski definition) is 1. The molecule has 204 valence electrons. The second-order valence-corrected chi connectivity index (χ2v) is 10.5. The molecule has 4 heterocycles. The molecule has 10 nitrogen and oxygen atoms in total. The fourth-order valence-corrected chi connectivity index (χ4v) is 5.84. The lowest BCUT2D eigenvalue weighted by atomic mass is 10.0. The summed E-state index contributed by atoms with van der Waals surface area (Å²) in [6.45, 7) is 8.90. The third-order valence-corrected chi connectivity index (χ3v) is 8.18. The molecule has 2 aromatic carbocycles. The second-order valence-electron chi connectivity index (χ2n) is 10.5. The standard InChI is InChI=1S/C29H35N7O3/c1-19-6-4-8-26(20(19)2)34-11-13-35(14-12-34)27(28-31-32-33-36(28)18-23-7-5-15-39-23)24-16-21-9-10-22(38-3)17-25(21)30-29(24)37/h4,6,8-10,16-17,23,27H,5,7,11-15,18H2,1-3H3,(H,30,37)/t23-,27+/m0/s1. The van der Waals surface area contributed by atoms with Crippen molar-refractivity contribution in [2.75, 3.05) is 44.8 Å². The quantitative estimate of drug-likeness (QED) is 0.390. The van der Waals surface area contributed by atoms with Crippen LogP contribution in [0.2, 0.25) is 0 Å². The minimum Gasteiger partial charge on any atom is -0.497 e. The topological polar surface area (TPSA) is 101 Å². The number of aromatic amines is 1. The summed E-state index contributed by atoms with van der Waals surface area (Å²) in [7, 11) is 1.62. The number of ether oxygens (including phenoxy) is 2. The molecule has 6 rings (SSSR count). The Balaban J connectivity index is 1.36. The largest absolute Gasteiger partial charge is 0.497 e. The lowest BCUT2D eigenvalue weighted by Gasteiger charge is -2.40. The Morgan fingerprint density at radius 1 is 1.13 bits per heavy atom. The monoisotopic (exact) mass is 529 g/mol. The average Bonchev–Trinajstić information content (AvgIpc) is 3.64. The third kappa shape index (κ3) is 5.02. The van der Waals surface area contributed by atoms with E-state index in [9.17, 15) is 4.79 Å². The van der Waals surface area contributed by atoms with Crippen molar-refractivity contribution in [3.05, 3.63) is 75.3 Å². The Kier molecular flexibility index (Phi) is 7.05. The Labute approximate surface area is 227 Å². The molecule has 39 heavy (non-hydrogen) atoms. The van der Waals surface area contributed by atoms with Crippen LogP contribution in [0.3, 0.4) is 0 Å². The van der Waals surface area contributed by atoms with Gasteiger partial charge in [0.2, 0.25) is 0 Å². The van der Waals surface area contributed by atoms with Crippen LogP contribution in [0.5, 0.6) is 5.75 Å². The summed E-state index contributed by atoms with van der Waals surface area (Å²) in [6.07, 6.45) is 2.10. The highest BCUT2D eigenvalue weighted by atomic mass is 16.5. The maximum absolute atomic E-state index is 13.6. The van der Waals surface area contributed by atoms with E-state index in [1.807, 2.05) is 28.9 Å². The SMILES string of the molecule is COc1ccc2cc([C@H](c3nnnn3C[C@@H]3CCCO3)N3CCN(c4cccc(C)c4C)CC3)c(=O)[nH]c2c1. The fraction of sp³-hybridized carbons (Fsp3) is 0.448. The summed E-state index contributed by atoms with van der Waals surface area (Å²) in [5.74, 6) is 1.37. The Hall–Kier alpha value is -3.76. The predicted octanol–water partition coefficient (Wildman–Crippen LogP) is 3.23. The normalized spacial score (nSPS) is 19.1. The van der Waals surface area contributed by atoms with Crippen molar-refractivity contribution in [1.29, 1.82) is 0 Å². The van der Waals surface area contributed by atoms with Crippen molar-refractivity contribution >= 4 is 16.6 Å². The predicted molar refractivity (Wildman–Crippen MR) is 149 cm³/mol. The van der Waals surface area contributed by atoms with Gasteiger partial charge < -0.3 is 19.4 Å². The van der Waals surface area contributed by atoms with Crippen LogP contribution in [0.15, 0.2) is 47.3 Å². The van der Waals surface area contributed by atoms with E-state index in [0.717, 1.165) is 56.5 Å². The molecule has 2 saturated heterocycles. The molecule has 2 aliphatic rings. The molecule has 0 saturated carbocycles. The van der Waals surface area contributed by atoms with Crippen LogP contribution < -0.4 is 15.2 Å². The molecule has 0 radical (unpaired) electrons. The molecule has 0 amide bonds. The van der Waals surface area contributed by atoms with Gasteiger partial charge in [-0.2, -0.15) is 0 Å². The first-order valence-electron chi connectivity index (χ1n) is 13.7. The first kappa shape index (κ1) is 25.5.